The van der Waals surface area contributed by atoms with Gasteiger partial charge in [-0.2, -0.15) is 9.84 Å². The summed E-state index contributed by atoms with van der Waals surface area (Å²) in [6.07, 6.45) is 13.1. The van der Waals surface area contributed by atoms with Gasteiger partial charge < -0.3 is 18.7 Å². The van der Waals surface area contributed by atoms with Crippen molar-refractivity contribution in [2.75, 3.05) is 37.7 Å². The van der Waals surface area contributed by atoms with Crippen LogP contribution in [-0.2, 0) is 27.3 Å². The van der Waals surface area contributed by atoms with Crippen LogP contribution in [0.15, 0.2) is 35.9 Å². The van der Waals surface area contributed by atoms with E-state index in [-0.39, 0.29) is 11.5 Å². The Morgan fingerprint density at radius 3 is 2.62 bits per heavy atom. The topological polar surface area (TPSA) is 61.0 Å². The highest BCUT2D eigenvalue weighted by atomic mass is 31.2. The third-order valence-corrected chi connectivity index (χ3v) is 13.2. The smallest absolute Gasteiger partial charge is 0.259 e. The molecule has 7 rings (SSSR count). The molecule has 2 aromatic rings. The van der Waals surface area contributed by atoms with E-state index in [0.29, 0.717) is 31.7 Å². The van der Waals surface area contributed by atoms with Crippen LogP contribution in [0.25, 0.3) is 6.08 Å². The first-order valence-electron chi connectivity index (χ1n) is 18.6. The van der Waals surface area contributed by atoms with Gasteiger partial charge in [-0.3, -0.25) is 0 Å². The molecule has 0 saturated heterocycles. The molecule has 0 aromatic heterocycles. The van der Waals surface area contributed by atoms with E-state index >= 15 is 0 Å². The van der Waals surface area contributed by atoms with E-state index in [0.717, 1.165) is 45.1 Å². The molecule has 0 aliphatic carbocycles. The van der Waals surface area contributed by atoms with Gasteiger partial charge >= 0.3 is 0 Å². The second kappa shape index (κ2) is 14.2. The van der Waals surface area contributed by atoms with Crippen LogP contribution in [0.1, 0.15) is 108 Å². The second-order valence-corrected chi connectivity index (χ2v) is 16.5. The molecule has 0 fully saturated rings. The Bertz CT molecular complexity index is 1620. The first-order valence-corrected chi connectivity index (χ1v) is 19.7. The maximum absolute atomic E-state index is 9.04. The predicted molar refractivity (Wildman–Crippen MR) is 196 cm³/mol. The van der Waals surface area contributed by atoms with Crippen LogP contribution in [0, 0.1) is 11.3 Å². The number of fused-ring (bicyclic) bond motifs is 6. The summed E-state index contributed by atoms with van der Waals surface area (Å²) < 4.78 is 24.5. The summed E-state index contributed by atoms with van der Waals surface area (Å²) in [4.78, 5) is 2.63. The minimum Gasteiger partial charge on any atom is -0.484 e. The number of anilines is 1. The molecule has 7 nitrogen and oxygen atoms in total. The summed E-state index contributed by atoms with van der Waals surface area (Å²) >= 11 is 0. The Morgan fingerprint density at radius 2 is 1.83 bits per heavy atom. The highest BCUT2D eigenvalue weighted by Gasteiger charge is 2.54. The Kier molecular flexibility index (Phi) is 10.0. The number of para-hydroxylation sites is 1. The fourth-order valence-corrected chi connectivity index (χ4v) is 10.8. The summed E-state index contributed by atoms with van der Waals surface area (Å²) in [7, 11) is -1.19. The van der Waals surface area contributed by atoms with Gasteiger partial charge in [0, 0.05) is 60.0 Å². The average Bonchev–Trinajstić information content (AvgIpc) is 3.33. The molecule has 5 aliphatic rings. The van der Waals surface area contributed by atoms with E-state index in [2.05, 4.69) is 91.2 Å². The van der Waals surface area contributed by atoms with Gasteiger partial charge in [-0.1, -0.05) is 31.0 Å². The summed E-state index contributed by atoms with van der Waals surface area (Å²) in [6.45, 7) is 15.7. The van der Waals surface area contributed by atoms with Crippen molar-refractivity contribution in [2.24, 2.45) is 0 Å². The van der Waals surface area contributed by atoms with Crippen LogP contribution >= 0.6 is 8.53 Å². The van der Waals surface area contributed by atoms with Crippen LogP contribution in [0.2, 0.25) is 0 Å². The molecule has 0 amide bonds. The van der Waals surface area contributed by atoms with Crippen LogP contribution < -0.4 is 9.64 Å². The van der Waals surface area contributed by atoms with Crippen molar-refractivity contribution < 1.29 is 18.4 Å². The molecule has 3 unspecified atom stereocenters. The lowest BCUT2D eigenvalue weighted by Gasteiger charge is -2.40. The number of hydrogen-bond donors (Lipinski definition) is 0. The molecular weight excluding hydrogens is 615 g/mol. The number of hydrogen-bond acceptors (Lipinski definition) is 6. The zero-order valence-corrected chi connectivity index (χ0v) is 30.7. The molecule has 0 spiro atoms. The molecule has 0 N–H and O–H groups in total. The molecule has 0 bridgehead atoms. The fraction of sp³-hybridized carbons (Fsp3) is 0.600. The predicted octanol–water partition coefficient (Wildman–Crippen LogP) is 8.84. The number of unbranched alkanes of at least 4 members (excludes halogenated alkanes) is 2. The van der Waals surface area contributed by atoms with Crippen molar-refractivity contribution in [2.45, 2.75) is 122 Å². The Hall–Kier alpha value is -2.75. The monoisotopic (exact) mass is 669 g/mol. The lowest BCUT2D eigenvalue weighted by Crippen LogP contribution is -2.44. The normalized spacial score (nSPS) is 22.9. The van der Waals surface area contributed by atoms with E-state index in [1.54, 1.807) is 0 Å². The highest BCUT2D eigenvalue weighted by molar-refractivity contribution is 7.44. The fourth-order valence-electron chi connectivity index (χ4n) is 9.14. The number of aryl methyl sites for hydroxylation is 1. The zero-order chi connectivity index (χ0) is 33.4. The summed E-state index contributed by atoms with van der Waals surface area (Å²) in [5, 5.41) is 9.04. The van der Waals surface area contributed by atoms with Gasteiger partial charge in [0.15, 0.2) is 12.3 Å². The zero-order valence-electron chi connectivity index (χ0n) is 29.8. The van der Waals surface area contributed by atoms with Crippen LogP contribution in [0.5, 0.6) is 5.75 Å². The molecule has 3 atom stereocenters. The van der Waals surface area contributed by atoms with Crippen LogP contribution in [-0.4, -0.2) is 66.0 Å². The van der Waals surface area contributed by atoms with Gasteiger partial charge in [-0.25, -0.2) is 4.67 Å². The molecular formula is C40H54N4O3P+. The van der Waals surface area contributed by atoms with E-state index < -0.39 is 8.53 Å². The number of ether oxygens (including phenoxy) is 1. The summed E-state index contributed by atoms with van der Waals surface area (Å²) in [6, 6.07) is 14.4. The van der Waals surface area contributed by atoms with E-state index in [1.807, 2.05) is 0 Å². The minimum absolute atomic E-state index is 0.0683. The third-order valence-electron chi connectivity index (χ3n) is 11.1. The molecule has 5 aliphatic heterocycles. The number of benzene rings is 2. The molecule has 48 heavy (non-hydrogen) atoms. The summed E-state index contributed by atoms with van der Waals surface area (Å²) in [5.74, 6) is 1.17. The minimum atomic E-state index is -1.19. The van der Waals surface area contributed by atoms with Crippen LogP contribution in [0.4, 0.5) is 11.4 Å². The molecule has 2 aromatic carbocycles. The van der Waals surface area contributed by atoms with Crippen molar-refractivity contribution in [3.05, 3.63) is 58.2 Å². The van der Waals surface area contributed by atoms with E-state index in [9.17, 15) is 0 Å². The molecule has 0 radical (unpaired) electrons. The van der Waals surface area contributed by atoms with Crippen molar-refractivity contribution in [1.82, 2.24) is 4.67 Å². The summed E-state index contributed by atoms with van der Waals surface area (Å²) in [5.41, 5.74) is 11.4. The molecule has 5 heterocycles. The van der Waals surface area contributed by atoms with Crippen molar-refractivity contribution in [3.63, 3.8) is 0 Å². The van der Waals surface area contributed by atoms with E-state index in [1.165, 1.54) is 83.0 Å². The quantitative estimate of drug-likeness (QED) is 0.121. The molecule has 0 saturated carbocycles. The van der Waals surface area contributed by atoms with Gasteiger partial charge in [0.2, 0.25) is 5.69 Å². The van der Waals surface area contributed by atoms with E-state index in [4.69, 9.17) is 19.0 Å². The largest absolute Gasteiger partial charge is 0.484 e. The molecule has 8 heteroatoms. The second-order valence-electron chi connectivity index (χ2n) is 15.0. The average molecular weight is 670 g/mol. The van der Waals surface area contributed by atoms with Crippen molar-refractivity contribution >= 4 is 31.7 Å². The Labute approximate surface area is 289 Å². The maximum atomic E-state index is 9.04. The Balaban J connectivity index is 1.09. The number of rotatable bonds is 13. The van der Waals surface area contributed by atoms with Gasteiger partial charge in [-0.15, -0.1) is 0 Å². The van der Waals surface area contributed by atoms with Gasteiger partial charge in [0.05, 0.1) is 36.7 Å². The van der Waals surface area contributed by atoms with Gasteiger partial charge in [0.1, 0.15) is 11.9 Å². The first kappa shape index (κ1) is 33.7. The van der Waals surface area contributed by atoms with Gasteiger partial charge in [0.25, 0.3) is 8.53 Å². The third kappa shape index (κ3) is 6.13. The molecule has 256 valence electrons. The van der Waals surface area contributed by atoms with Crippen LogP contribution in [0.3, 0.4) is 0 Å². The SMILES string of the molecule is CC(C)N(C(C)C)P(OCCC#N)OCCCCCC1(C)C2=[N+](CCC3Oc4c(cc5c6c4CCCN6CCC5)C=C23)c2ccccc21. The first-order chi connectivity index (χ1) is 23.3. The van der Waals surface area contributed by atoms with Crippen molar-refractivity contribution in [1.29, 1.82) is 5.26 Å². The lowest BCUT2D eigenvalue weighted by atomic mass is 9.71. The standard InChI is InChI=1S/C40H54N4O3P/c1-28(2)44(29(3)4)48(46-25-13-20-41)45-24-10-6-9-19-40(5)34-16-7-8-17-35(34)43-23-18-36-33(39(40)43)27-31-26-30-14-11-21-42-22-12-15-32(37(30)42)38(31)47-36/h7-8,16-17,26-29,36H,6,9-15,18-19,21-25H2,1-5H3/q+1. The van der Waals surface area contributed by atoms with Crippen molar-refractivity contribution in [3.8, 4) is 11.8 Å². The highest BCUT2D eigenvalue weighted by Crippen LogP contribution is 2.52. The number of nitrogens with zero attached hydrogens (tertiary/aromatic N) is 4. The van der Waals surface area contributed by atoms with Gasteiger partial charge in [-0.05, 0) is 90.8 Å². The Morgan fingerprint density at radius 1 is 1.06 bits per heavy atom. The lowest BCUT2D eigenvalue weighted by molar-refractivity contribution is -0.444. The maximum Gasteiger partial charge on any atom is 0.259 e. The number of nitriles is 1.